The number of nitrogens with zero attached hydrogens (tertiary/aromatic N) is 2. The van der Waals surface area contributed by atoms with Gasteiger partial charge >= 0.3 is 5.69 Å². The van der Waals surface area contributed by atoms with Crippen LogP contribution in [0.1, 0.15) is 4.88 Å². The van der Waals surface area contributed by atoms with Crippen LogP contribution in [0.3, 0.4) is 0 Å². The van der Waals surface area contributed by atoms with Crippen molar-refractivity contribution in [2.75, 3.05) is 24.3 Å². The summed E-state index contributed by atoms with van der Waals surface area (Å²) in [5, 5.41) is 16.1. The Labute approximate surface area is 115 Å². The van der Waals surface area contributed by atoms with Crippen molar-refractivity contribution in [1.29, 1.82) is 0 Å². The van der Waals surface area contributed by atoms with Gasteiger partial charge in [0.2, 0.25) is 0 Å². The molecular weight excluding hydrogens is 262 g/mol. The number of hydrogen-bond donors (Lipinski definition) is 1. The minimum absolute atomic E-state index is 0.115. The summed E-state index contributed by atoms with van der Waals surface area (Å²) in [5.74, 6) is 0. The maximum Gasteiger partial charge on any atom is 0.315 e. The summed E-state index contributed by atoms with van der Waals surface area (Å²) >= 11 is 1.64. The van der Waals surface area contributed by atoms with E-state index in [1.165, 1.54) is 4.88 Å². The van der Waals surface area contributed by atoms with E-state index in [0.29, 0.717) is 17.9 Å². The number of para-hydroxylation sites is 1. The summed E-state index contributed by atoms with van der Waals surface area (Å²) in [5.41, 5.74) is 1.26. The Morgan fingerprint density at radius 1 is 1.37 bits per heavy atom. The molecule has 0 fully saturated rings. The average molecular weight is 277 g/mol. The lowest BCUT2D eigenvalue weighted by atomic mass is 10.2. The molecule has 1 aromatic carbocycles. The van der Waals surface area contributed by atoms with Gasteiger partial charge in [0.15, 0.2) is 0 Å². The van der Waals surface area contributed by atoms with E-state index in [0.717, 1.165) is 0 Å². The molecule has 0 aliphatic heterocycles. The summed E-state index contributed by atoms with van der Waals surface area (Å²) in [6.07, 6.45) is 0. The van der Waals surface area contributed by atoms with Crippen molar-refractivity contribution in [3.05, 3.63) is 50.7 Å². The largest absolute Gasteiger partial charge is 0.382 e. The van der Waals surface area contributed by atoms with Crippen LogP contribution in [0.4, 0.5) is 17.1 Å². The van der Waals surface area contributed by atoms with E-state index in [1.54, 1.807) is 30.5 Å². The highest BCUT2D eigenvalue weighted by Crippen LogP contribution is 2.35. The van der Waals surface area contributed by atoms with Crippen LogP contribution in [0.25, 0.3) is 0 Å². The van der Waals surface area contributed by atoms with Gasteiger partial charge < -0.3 is 10.2 Å². The predicted molar refractivity (Wildman–Crippen MR) is 79.1 cm³/mol. The van der Waals surface area contributed by atoms with Crippen LogP contribution in [-0.4, -0.2) is 19.0 Å². The number of nitro groups is 1. The van der Waals surface area contributed by atoms with E-state index in [1.807, 2.05) is 35.5 Å². The third kappa shape index (κ3) is 2.85. The molecule has 0 bridgehead atoms. The lowest BCUT2D eigenvalue weighted by Crippen LogP contribution is -2.17. The molecule has 0 aliphatic carbocycles. The zero-order chi connectivity index (χ0) is 13.8. The molecule has 0 aliphatic rings. The van der Waals surface area contributed by atoms with Gasteiger partial charge in [0.05, 0.1) is 11.5 Å². The van der Waals surface area contributed by atoms with Crippen molar-refractivity contribution >= 4 is 28.4 Å². The Balaban J connectivity index is 2.35. The van der Waals surface area contributed by atoms with Crippen molar-refractivity contribution < 1.29 is 4.92 Å². The molecule has 6 heteroatoms. The van der Waals surface area contributed by atoms with Gasteiger partial charge in [-0.1, -0.05) is 12.1 Å². The van der Waals surface area contributed by atoms with Crippen molar-refractivity contribution in [3.8, 4) is 0 Å². The second-order valence-corrected chi connectivity index (χ2v) is 5.15. The first-order valence-electron chi connectivity index (χ1n) is 5.82. The van der Waals surface area contributed by atoms with Crippen LogP contribution < -0.4 is 10.2 Å². The second-order valence-electron chi connectivity index (χ2n) is 4.12. The molecule has 0 saturated heterocycles. The molecule has 5 nitrogen and oxygen atoms in total. The molecule has 1 N–H and O–H groups in total. The first-order valence-corrected chi connectivity index (χ1v) is 6.70. The summed E-state index contributed by atoms with van der Waals surface area (Å²) in [7, 11) is 3.55. The van der Waals surface area contributed by atoms with E-state index in [4.69, 9.17) is 0 Å². The van der Waals surface area contributed by atoms with E-state index >= 15 is 0 Å². The van der Waals surface area contributed by atoms with Crippen molar-refractivity contribution in [3.63, 3.8) is 0 Å². The van der Waals surface area contributed by atoms with Crippen LogP contribution in [0.5, 0.6) is 0 Å². The second kappa shape index (κ2) is 5.71. The summed E-state index contributed by atoms with van der Waals surface area (Å²) < 4.78 is 0. The van der Waals surface area contributed by atoms with Crippen molar-refractivity contribution in [1.82, 2.24) is 0 Å². The molecule has 0 unspecified atom stereocenters. The molecule has 0 spiro atoms. The molecule has 0 radical (unpaired) electrons. The molecule has 2 rings (SSSR count). The van der Waals surface area contributed by atoms with Gasteiger partial charge in [-0.2, -0.15) is 0 Å². The minimum Gasteiger partial charge on any atom is -0.382 e. The third-order valence-corrected chi connectivity index (χ3v) is 3.71. The molecule has 1 aromatic heterocycles. The van der Waals surface area contributed by atoms with Gasteiger partial charge in [-0.15, -0.1) is 11.3 Å². The predicted octanol–water partition coefficient (Wildman–Crippen LogP) is 3.33. The summed E-state index contributed by atoms with van der Waals surface area (Å²) in [4.78, 5) is 14.0. The van der Waals surface area contributed by atoms with Crippen LogP contribution in [0, 0.1) is 10.1 Å². The van der Waals surface area contributed by atoms with Crippen LogP contribution in [0.15, 0.2) is 35.7 Å². The zero-order valence-corrected chi connectivity index (χ0v) is 11.6. The van der Waals surface area contributed by atoms with Crippen molar-refractivity contribution in [2.24, 2.45) is 0 Å². The number of nitrogens with one attached hydrogen (secondary N) is 1. The van der Waals surface area contributed by atoms with Crippen LogP contribution in [0.2, 0.25) is 0 Å². The number of benzene rings is 1. The SMILES string of the molecule is CNc1cccc(N(C)Cc2cccs2)c1[N+](=O)[O-]. The molecule has 2 aromatic rings. The molecule has 0 saturated carbocycles. The summed E-state index contributed by atoms with van der Waals surface area (Å²) in [6.45, 7) is 0.658. The average Bonchev–Trinajstić information content (AvgIpc) is 2.90. The maximum absolute atomic E-state index is 11.2. The van der Waals surface area contributed by atoms with Crippen LogP contribution >= 0.6 is 11.3 Å². The number of rotatable bonds is 5. The molecule has 1 heterocycles. The number of hydrogen-bond acceptors (Lipinski definition) is 5. The lowest BCUT2D eigenvalue weighted by molar-refractivity contribution is -0.383. The van der Waals surface area contributed by atoms with Crippen LogP contribution in [-0.2, 0) is 6.54 Å². The Bertz CT molecular complexity index is 569. The fraction of sp³-hybridized carbons (Fsp3) is 0.231. The Hall–Kier alpha value is -2.08. The standard InChI is InChI=1S/C13H15N3O2S/c1-14-11-6-3-7-12(13(11)16(17)18)15(2)9-10-5-4-8-19-10/h3-8,14H,9H2,1-2H3. The highest BCUT2D eigenvalue weighted by Gasteiger charge is 2.21. The maximum atomic E-state index is 11.2. The highest BCUT2D eigenvalue weighted by molar-refractivity contribution is 7.09. The van der Waals surface area contributed by atoms with E-state index < -0.39 is 0 Å². The molecular formula is C13H15N3O2S. The minimum atomic E-state index is -0.341. The molecule has 0 atom stereocenters. The molecule has 0 amide bonds. The van der Waals surface area contributed by atoms with E-state index in [9.17, 15) is 10.1 Å². The van der Waals surface area contributed by atoms with Gasteiger partial charge in [0, 0.05) is 19.0 Å². The van der Waals surface area contributed by atoms with Gasteiger partial charge in [-0.25, -0.2) is 0 Å². The number of nitro benzene ring substituents is 1. The van der Waals surface area contributed by atoms with Gasteiger partial charge in [-0.3, -0.25) is 10.1 Å². The highest BCUT2D eigenvalue weighted by atomic mass is 32.1. The van der Waals surface area contributed by atoms with Gasteiger partial charge in [0.1, 0.15) is 11.4 Å². The quantitative estimate of drug-likeness (QED) is 0.672. The van der Waals surface area contributed by atoms with Gasteiger partial charge in [0.25, 0.3) is 0 Å². The Morgan fingerprint density at radius 3 is 2.74 bits per heavy atom. The van der Waals surface area contributed by atoms with E-state index in [-0.39, 0.29) is 10.6 Å². The smallest absolute Gasteiger partial charge is 0.315 e. The number of thiophene rings is 1. The monoisotopic (exact) mass is 277 g/mol. The molecule has 100 valence electrons. The molecule has 19 heavy (non-hydrogen) atoms. The van der Waals surface area contributed by atoms with Crippen molar-refractivity contribution in [2.45, 2.75) is 6.54 Å². The fourth-order valence-electron chi connectivity index (χ4n) is 1.95. The topological polar surface area (TPSA) is 58.4 Å². The first-order chi connectivity index (χ1) is 9.13. The fourth-order valence-corrected chi connectivity index (χ4v) is 2.71. The normalized spacial score (nSPS) is 10.2. The Morgan fingerprint density at radius 2 is 2.16 bits per heavy atom. The Kier molecular flexibility index (Phi) is 4.01. The summed E-state index contributed by atoms with van der Waals surface area (Å²) in [6, 6.07) is 9.30. The lowest BCUT2D eigenvalue weighted by Gasteiger charge is -2.19. The zero-order valence-electron chi connectivity index (χ0n) is 10.8. The third-order valence-electron chi connectivity index (χ3n) is 2.85. The van der Waals surface area contributed by atoms with Gasteiger partial charge in [-0.05, 0) is 23.6 Å². The first kappa shape index (κ1) is 13.4. The van der Waals surface area contributed by atoms with E-state index in [2.05, 4.69) is 5.32 Å². The number of anilines is 2.